The first-order valence-corrected chi connectivity index (χ1v) is 14.7. The average molecular weight is 542 g/mol. The Morgan fingerprint density at radius 3 is 2.60 bits per heavy atom. The number of benzene rings is 1. The van der Waals surface area contributed by atoms with Gasteiger partial charge in [-0.3, -0.25) is 9.69 Å². The second kappa shape index (κ2) is 11.2. The van der Waals surface area contributed by atoms with Gasteiger partial charge >= 0.3 is 0 Å². The van der Waals surface area contributed by atoms with Crippen molar-refractivity contribution in [3.8, 4) is 6.07 Å². The van der Waals surface area contributed by atoms with Crippen molar-refractivity contribution in [2.45, 2.75) is 83.1 Å². The summed E-state index contributed by atoms with van der Waals surface area (Å²) in [6.07, 6.45) is 10.1. The van der Waals surface area contributed by atoms with Crippen LogP contribution < -0.4 is 4.90 Å². The van der Waals surface area contributed by atoms with Gasteiger partial charge in [-0.2, -0.15) is 5.26 Å². The van der Waals surface area contributed by atoms with Gasteiger partial charge in [-0.1, -0.05) is 50.3 Å². The van der Waals surface area contributed by atoms with Crippen LogP contribution in [0.4, 0.5) is 5.69 Å². The Labute approximate surface area is 236 Å². The second-order valence-corrected chi connectivity index (χ2v) is 11.8. The fourth-order valence-corrected chi connectivity index (χ4v) is 7.22. The molecule has 9 heteroatoms. The first kappa shape index (κ1) is 26.7. The molecule has 3 aromatic rings. The first-order chi connectivity index (χ1) is 19.5. The van der Waals surface area contributed by atoms with Crippen molar-refractivity contribution in [2.24, 2.45) is 5.92 Å². The van der Waals surface area contributed by atoms with Crippen molar-refractivity contribution in [3.63, 3.8) is 0 Å². The number of piperidine rings is 1. The summed E-state index contributed by atoms with van der Waals surface area (Å²) in [4.78, 5) is 27.3. The predicted molar refractivity (Wildman–Crippen MR) is 153 cm³/mol. The molecule has 9 nitrogen and oxygen atoms in total. The molecular formula is C31H39N7O2. The van der Waals surface area contributed by atoms with E-state index >= 15 is 0 Å². The van der Waals surface area contributed by atoms with E-state index in [0.29, 0.717) is 39.1 Å². The minimum atomic E-state index is -0.688. The van der Waals surface area contributed by atoms with Crippen LogP contribution in [0.5, 0.6) is 0 Å². The lowest BCUT2D eigenvalue weighted by Gasteiger charge is -2.46. The molecule has 3 fully saturated rings. The van der Waals surface area contributed by atoms with Crippen LogP contribution in [-0.4, -0.2) is 66.9 Å². The molecule has 210 valence electrons. The third kappa shape index (κ3) is 4.95. The number of carbonyl (C=O) groups excluding carboxylic acids is 1. The Kier molecular flexibility index (Phi) is 7.47. The van der Waals surface area contributed by atoms with Crippen LogP contribution in [0.1, 0.15) is 69.8 Å². The van der Waals surface area contributed by atoms with Gasteiger partial charge in [0.15, 0.2) is 0 Å². The smallest absolute Gasteiger partial charge is 0.234 e. The van der Waals surface area contributed by atoms with E-state index in [1.54, 1.807) is 13.1 Å². The highest BCUT2D eigenvalue weighted by Crippen LogP contribution is 2.42. The third-order valence-electron chi connectivity index (χ3n) is 9.50. The Bertz CT molecular complexity index is 1380. The number of aryl methyl sites for hydroxylation is 1. The summed E-state index contributed by atoms with van der Waals surface area (Å²) >= 11 is 0. The monoisotopic (exact) mass is 541 g/mol. The van der Waals surface area contributed by atoms with Gasteiger partial charge < -0.3 is 19.5 Å². The van der Waals surface area contributed by atoms with Crippen LogP contribution in [0, 0.1) is 17.2 Å². The minimum absolute atomic E-state index is 0.0887. The van der Waals surface area contributed by atoms with Crippen LogP contribution in [0.3, 0.4) is 0 Å². The summed E-state index contributed by atoms with van der Waals surface area (Å²) in [5, 5.41) is 22.4. The number of amides is 1. The van der Waals surface area contributed by atoms with Crippen molar-refractivity contribution in [3.05, 3.63) is 54.1 Å². The molecule has 0 radical (unpaired) electrons. The number of nitriles is 1. The van der Waals surface area contributed by atoms with Crippen LogP contribution in [0.2, 0.25) is 0 Å². The van der Waals surface area contributed by atoms with E-state index in [9.17, 15) is 15.2 Å². The molecule has 1 atom stereocenters. The highest BCUT2D eigenvalue weighted by molar-refractivity contribution is 5.77. The predicted octanol–water partition coefficient (Wildman–Crippen LogP) is 4.25. The van der Waals surface area contributed by atoms with Gasteiger partial charge in [-0.05, 0) is 43.4 Å². The summed E-state index contributed by atoms with van der Waals surface area (Å²) in [7, 11) is 0. The highest BCUT2D eigenvalue weighted by atomic mass is 16.3. The number of rotatable bonds is 6. The number of aromatic nitrogens is 3. The van der Waals surface area contributed by atoms with E-state index in [2.05, 4.69) is 48.6 Å². The Hall–Kier alpha value is -3.48. The topological polar surface area (TPSA) is 102 Å². The molecule has 2 aromatic heterocycles. The number of fused-ring (bicyclic) bond motifs is 1. The molecule has 1 N–H and O–H groups in total. The Balaban J connectivity index is 1.31. The zero-order valence-electron chi connectivity index (χ0n) is 23.4. The molecule has 40 heavy (non-hydrogen) atoms. The van der Waals surface area contributed by atoms with E-state index in [0.717, 1.165) is 41.3 Å². The van der Waals surface area contributed by atoms with Gasteiger partial charge in [-0.25, -0.2) is 9.97 Å². The lowest BCUT2D eigenvalue weighted by Crippen LogP contribution is -2.58. The van der Waals surface area contributed by atoms with Crippen molar-refractivity contribution in [1.82, 2.24) is 24.3 Å². The van der Waals surface area contributed by atoms with E-state index in [1.165, 1.54) is 32.1 Å². The maximum atomic E-state index is 12.1. The fraction of sp³-hybridized carbons (Fsp3) is 0.548. The highest BCUT2D eigenvalue weighted by Gasteiger charge is 2.53. The number of likely N-dealkylation sites (tertiary alicyclic amines) is 1. The van der Waals surface area contributed by atoms with E-state index in [-0.39, 0.29) is 11.7 Å². The first-order valence-electron chi connectivity index (χ1n) is 14.7. The summed E-state index contributed by atoms with van der Waals surface area (Å²) < 4.78 is 2.26. The zero-order chi connectivity index (χ0) is 27.7. The molecular weight excluding hydrogens is 502 g/mol. The van der Waals surface area contributed by atoms with Gasteiger partial charge in [0.05, 0.1) is 12.2 Å². The molecule has 4 heterocycles. The SMILES string of the molecule is CC(=O)N1CCC2(CC1)C(O)N(Cc1cc3cnc(C#N)nc3n1CCC1CCCCC1)CN2c1ccccc1. The summed E-state index contributed by atoms with van der Waals surface area (Å²) in [6, 6.07) is 14.5. The quantitative estimate of drug-likeness (QED) is 0.498. The molecule has 1 aromatic carbocycles. The molecule has 1 amide bonds. The maximum absolute atomic E-state index is 12.1. The molecule has 1 aliphatic carbocycles. The van der Waals surface area contributed by atoms with Crippen molar-refractivity contribution in [2.75, 3.05) is 24.7 Å². The zero-order valence-corrected chi connectivity index (χ0v) is 23.4. The number of aliphatic hydroxyl groups is 1. The number of carbonyl (C=O) groups is 1. The Morgan fingerprint density at radius 2 is 1.90 bits per heavy atom. The molecule has 2 aliphatic heterocycles. The average Bonchev–Trinajstić information content (AvgIpc) is 3.46. The lowest BCUT2D eigenvalue weighted by atomic mass is 9.84. The number of nitrogens with zero attached hydrogens (tertiary/aromatic N) is 7. The van der Waals surface area contributed by atoms with Crippen molar-refractivity contribution in [1.29, 1.82) is 5.26 Å². The maximum Gasteiger partial charge on any atom is 0.234 e. The molecule has 1 unspecified atom stereocenters. The molecule has 0 bridgehead atoms. The number of para-hydroxylation sites is 1. The molecule has 1 saturated carbocycles. The van der Waals surface area contributed by atoms with Crippen molar-refractivity contribution >= 4 is 22.6 Å². The van der Waals surface area contributed by atoms with Gasteiger partial charge in [0.25, 0.3) is 0 Å². The van der Waals surface area contributed by atoms with Crippen LogP contribution in [-0.2, 0) is 17.9 Å². The summed E-state index contributed by atoms with van der Waals surface area (Å²) in [6.45, 7) is 4.89. The summed E-state index contributed by atoms with van der Waals surface area (Å²) in [5.41, 5.74) is 2.50. The molecule has 2 saturated heterocycles. The van der Waals surface area contributed by atoms with Gasteiger partial charge in [0, 0.05) is 56.1 Å². The van der Waals surface area contributed by atoms with Gasteiger partial charge in [0.2, 0.25) is 11.7 Å². The number of anilines is 1. The normalized spacial score (nSPS) is 21.8. The van der Waals surface area contributed by atoms with Crippen molar-refractivity contribution < 1.29 is 9.90 Å². The molecule has 3 aliphatic rings. The number of hydrogen-bond acceptors (Lipinski definition) is 7. The summed E-state index contributed by atoms with van der Waals surface area (Å²) in [5.74, 6) is 0.992. The van der Waals surface area contributed by atoms with Gasteiger partial charge in [-0.15, -0.1) is 0 Å². The largest absolute Gasteiger partial charge is 0.376 e. The van der Waals surface area contributed by atoms with Crippen LogP contribution in [0.25, 0.3) is 11.0 Å². The van der Waals surface area contributed by atoms with E-state index in [1.807, 2.05) is 23.1 Å². The second-order valence-electron chi connectivity index (χ2n) is 11.8. The minimum Gasteiger partial charge on any atom is -0.376 e. The fourth-order valence-electron chi connectivity index (χ4n) is 7.22. The standard InChI is InChI=1S/C31H39N7O2/c1-23(39)35-16-13-31(14-17-35)30(40)36(22-38(31)26-10-6-3-7-11-26)21-27-18-25-20-33-28(19-32)34-29(25)37(27)15-12-24-8-4-2-5-9-24/h3,6-7,10-11,18,20,24,30,40H,2,4-5,8-9,12-17,21-22H2,1H3. The molecule has 1 spiro atoms. The van der Waals surface area contributed by atoms with E-state index in [4.69, 9.17) is 0 Å². The Morgan fingerprint density at radius 1 is 1.15 bits per heavy atom. The lowest BCUT2D eigenvalue weighted by molar-refractivity contribution is -0.131. The van der Waals surface area contributed by atoms with Crippen LogP contribution >= 0.6 is 0 Å². The third-order valence-corrected chi connectivity index (χ3v) is 9.50. The van der Waals surface area contributed by atoms with Gasteiger partial charge in [0.1, 0.15) is 17.9 Å². The molecule has 6 rings (SSSR count). The number of aliphatic hydroxyl groups excluding tert-OH is 1. The van der Waals surface area contributed by atoms with Crippen LogP contribution in [0.15, 0.2) is 42.6 Å². The van der Waals surface area contributed by atoms with E-state index < -0.39 is 11.8 Å². The number of hydrogen-bond donors (Lipinski definition) is 1.